The third-order valence-corrected chi connectivity index (χ3v) is 6.42. The maximum atomic E-state index is 11.1. The second-order valence-corrected chi connectivity index (χ2v) is 8.50. The van der Waals surface area contributed by atoms with Gasteiger partial charge >= 0.3 is 5.97 Å². The predicted molar refractivity (Wildman–Crippen MR) is 135 cm³/mol. The minimum absolute atomic E-state index is 0.278. The van der Waals surface area contributed by atoms with Crippen molar-refractivity contribution in [3.05, 3.63) is 121 Å². The molecule has 0 aliphatic heterocycles. The number of thiazole rings is 1. The first-order chi connectivity index (χ1) is 16.2. The number of nitrogens with zero attached hydrogens (tertiary/aromatic N) is 2. The van der Waals surface area contributed by atoms with Gasteiger partial charge in [0.2, 0.25) is 0 Å². The van der Waals surface area contributed by atoms with Crippen molar-refractivity contribution in [2.75, 3.05) is 4.90 Å². The van der Waals surface area contributed by atoms with Crippen molar-refractivity contribution in [1.82, 2.24) is 4.98 Å². The van der Waals surface area contributed by atoms with Crippen LogP contribution in [0.15, 0.2) is 115 Å². The number of carbonyl (C=O) groups is 1. The van der Waals surface area contributed by atoms with E-state index >= 15 is 0 Å². The van der Waals surface area contributed by atoms with Gasteiger partial charge in [0.1, 0.15) is 5.01 Å². The summed E-state index contributed by atoms with van der Waals surface area (Å²) in [5.41, 5.74) is 5.53. The molecule has 1 aromatic heterocycles. The van der Waals surface area contributed by atoms with E-state index in [1.165, 1.54) is 0 Å². The lowest BCUT2D eigenvalue weighted by atomic mass is 10.1. The number of rotatable bonds is 6. The van der Waals surface area contributed by atoms with Crippen LogP contribution in [-0.2, 0) is 0 Å². The standard InChI is InChI=1S/C28H20N2O2S/c31-28(32)22-13-11-20(12-14-22)26-19-29-27(33-26)21-15-17-25(18-16-21)30(23-7-3-1-4-8-23)24-9-5-2-6-10-24/h1-19H,(H,31,32). The molecule has 0 spiro atoms. The molecule has 0 atom stereocenters. The van der Waals surface area contributed by atoms with Crippen molar-refractivity contribution < 1.29 is 9.90 Å². The number of anilines is 3. The minimum Gasteiger partial charge on any atom is -0.478 e. The number of aromatic carboxylic acids is 1. The Balaban J connectivity index is 1.44. The van der Waals surface area contributed by atoms with Crippen molar-refractivity contribution in [3.63, 3.8) is 0 Å². The molecular formula is C28H20N2O2S. The molecule has 5 heteroatoms. The van der Waals surface area contributed by atoms with Crippen LogP contribution in [0.3, 0.4) is 0 Å². The van der Waals surface area contributed by atoms with Crippen LogP contribution in [0.4, 0.5) is 17.1 Å². The normalized spacial score (nSPS) is 10.7. The highest BCUT2D eigenvalue weighted by Gasteiger charge is 2.13. The van der Waals surface area contributed by atoms with E-state index in [9.17, 15) is 4.79 Å². The fourth-order valence-electron chi connectivity index (χ4n) is 3.67. The van der Waals surface area contributed by atoms with Crippen LogP contribution in [0, 0.1) is 0 Å². The maximum Gasteiger partial charge on any atom is 0.335 e. The van der Waals surface area contributed by atoms with Crippen LogP contribution < -0.4 is 4.90 Å². The Bertz CT molecular complexity index is 1320. The summed E-state index contributed by atoms with van der Waals surface area (Å²) in [6, 6.07) is 35.9. The van der Waals surface area contributed by atoms with Gasteiger partial charge in [0.05, 0.1) is 10.4 Å². The zero-order valence-corrected chi connectivity index (χ0v) is 18.4. The van der Waals surface area contributed by atoms with E-state index in [1.807, 2.05) is 54.7 Å². The molecule has 0 bridgehead atoms. The summed E-state index contributed by atoms with van der Waals surface area (Å²) in [6.07, 6.45) is 1.84. The van der Waals surface area contributed by atoms with Gasteiger partial charge in [-0.25, -0.2) is 9.78 Å². The van der Waals surface area contributed by atoms with Crippen LogP contribution in [0.25, 0.3) is 21.0 Å². The van der Waals surface area contributed by atoms with E-state index in [2.05, 4.69) is 58.4 Å². The molecule has 160 valence electrons. The van der Waals surface area contributed by atoms with E-state index < -0.39 is 5.97 Å². The van der Waals surface area contributed by atoms with Crippen molar-refractivity contribution in [1.29, 1.82) is 0 Å². The number of carboxylic acids is 1. The van der Waals surface area contributed by atoms with Crippen molar-refractivity contribution in [2.45, 2.75) is 0 Å². The van der Waals surface area contributed by atoms with Gasteiger partial charge in [-0.05, 0) is 66.2 Å². The van der Waals surface area contributed by atoms with Crippen LogP contribution in [0.2, 0.25) is 0 Å². The topological polar surface area (TPSA) is 53.4 Å². The second-order valence-electron chi connectivity index (χ2n) is 7.47. The fourth-order valence-corrected chi connectivity index (χ4v) is 4.60. The molecule has 5 aromatic rings. The molecular weight excluding hydrogens is 428 g/mol. The van der Waals surface area contributed by atoms with Crippen LogP contribution in [0.1, 0.15) is 10.4 Å². The highest BCUT2D eigenvalue weighted by atomic mass is 32.1. The summed E-state index contributed by atoms with van der Waals surface area (Å²) in [5.74, 6) is -0.924. The summed E-state index contributed by atoms with van der Waals surface area (Å²) in [5, 5.41) is 10.0. The quantitative estimate of drug-likeness (QED) is 0.290. The molecule has 0 saturated heterocycles. The summed E-state index contributed by atoms with van der Waals surface area (Å²) in [6.45, 7) is 0. The average molecular weight is 449 g/mol. The number of carboxylic acid groups (broad SMARTS) is 1. The lowest BCUT2D eigenvalue weighted by molar-refractivity contribution is 0.0697. The third-order valence-electron chi connectivity index (χ3n) is 5.32. The second kappa shape index (κ2) is 9.10. The number of aromatic nitrogens is 1. The van der Waals surface area contributed by atoms with Gasteiger partial charge in [-0.1, -0.05) is 48.5 Å². The molecule has 4 aromatic carbocycles. The SMILES string of the molecule is O=C(O)c1ccc(-c2cnc(-c3ccc(N(c4ccccc4)c4ccccc4)cc3)s2)cc1. The minimum atomic E-state index is -0.924. The Kier molecular flexibility index (Phi) is 5.70. The van der Waals surface area contributed by atoms with Gasteiger partial charge in [0.15, 0.2) is 0 Å². The van der Waals surface area contributed by atoms with E-state index in [-0.39, 0.29) is 5.56 Å². The van der Waals surface area contributed by atoms with Gasteiger partial charge < -0.3 is 10.0 Å². The van der Waals surface area contributed by atoms with E-state index in [4.69, 9.17) is 5.11 Å². The molecule has 33 heavy (non-hydrogen) atoms. The molecule has 0 fully saturated rings. The molecule has 4 nitrogen and oxygen atoms in total. The molecule has 0 aliphatic carbocycles. The Morgan fingerprint density at radius 2 is 1.18 bits per heavy atom. The smallest absolute Gasteiger partial charge is 0.335 e. The zero-order chi connectivity index (χ0) is 22.6. The molecule has 0 aliphatic rings. The highest BCUT2D eigenvalue weighted by molar-refractivity contribution is 7.18. The van der Waals surface area contributed by atoms with Crippen LogP contribution in [0.5, 0.6) is 0 Å². The maximum absolute atomic E-state index is 11.1. The van der Waals surface area contributed by atoms with Crippen LogP contribution >= 0.6 is 11.3 Å². The van der Waals surface area contributed by atoms with Gasteiger partial charge in [0.25, 0.3) is 0 Å². The lowest BCUT2D eigenvalue weighted by Crippen LogP contribution is -2.09. The van der Waals surface area contributed by atoms with Crippen LogP contribution in [-0.4, -0.2) is 16.1 Å². The van der Waals surface area contributed by atoms with Gasteiger partial charge in [-0.2, -0.15) is 0 Å². The lowest BCUT2D eigenvalue weighted by Gasteiger charge is -2.25. The first-order valence-corrected chi connectivity index (χ1v) is 11.3. The average Bonchev–Trinajstić information content (AvgIpc) is 3.36. The van der Waals surface area contributed by atoms with E-state index in [0.29, 0.717) is 0 Å². The molecule has 0 amide bonds. The molecule has 0 unspecified atom stereocenters. The number of benzene rings is 4. The van der Waals surface area contributed by atoms with E-state index in [0.717, 1.165) is 38.1 Å². The predicted octanol–water partition coefficient (Wildman–Crippen LogP) is 7.65. The van der Waals surface area contributed by atoms with E-state index in [1.54, 1.807) is 23.5 Å². The largest absolute Gasteiger partial charge is 0.478 e. The number of hydrogen-bond donors (Lipinski definition) is 1. The number of para-hydroxylation sites is 2. The van der Waals surface area contributed by atoms with Gasteiger partial charge in [-0.3, -0.25) is 0 Å². The Morgan fingerprint density at radius 3 is 1.73 bits per heavy atom. The third kappa shape index (κ3) is 4.40. The van der Waals surface area contributed by atoms with Crippen molar-refractivity contribution >= 4 is 34.4 Å². The molecule has 0 saturated carbocycles. The molecule has 1 heterocycles. The summed E-state index contributed by atoms with van der Waals surface area (Å²) in [7, 11) is 0. The first-order valence-electron chi connectivity index (χ1n) is 10.5. The van der Waals surface area contributed by atoms with Gasteiger partial charge in [0, 0.05) is 28.8 Å². The summed E-state index contributed by atoms with van der Waals surface area (Å²) < 4.78 is 0. The zero-order valence-electron chi connectivity index (χ0n) is 17.6. The monoisotopic (exact) mass is 448 g/mol. The number of hydrogen-bond acceptors (Lipinski definition) is 4. The Morgan fingerprint density at radius 1 is 0.667 bits per heavy atom. The summed E-state index contributed by atoms with van der Waals surface area (Å²) >= 11 is 1.59. The Labute approximate surface area is 196 Å². The Hall–Kier alpha value is -4.22. The van der Waals surface area contributed by atoms with Crippen molar-refractivity contribution in [2.24, 2.45) is 0 Å². The molecule has 1 N–H and O–H groups in total. The summed E-state index contributed by atoms with van der Waals surface area (Å²) in [4.78, 5) is 18.9. The molecule has 5 rings (SSSR count). The van der Waals surface area contributed by atoms with Crippen molar-refractivity contribution in [3.8, 4) is 21.0 Å². The van der Waals surface area contributed by atoms with Gasteiger partial charge in [-0.15, -0.1) is 11.3 Å². The fraction of sp³-hybridized carbons (Fsp3) is 0. The first kappa shape index (κ1) is 20.7. The molecule has 0 radical (unpaired) electrons. The highest BCUT2D eigenvalue weighted by Crippen LogP contribution is 2.37.